The maximum absolute atomic E-state index is 9.28. The average Bonchev–Trinajstić information content (AvgIpc) is 2.29. The molecule has 0 spiro atoms. The number of aryl methyl sites for hydroxylation is 1. The molecule has 0 amide bonds. The number of aliphatic hydroxyl groups is 2. The van der Waals surface area contributed by atoms with Crippen LogP contribution in [0.15, 0.2) is 18.2 Å². The van der Waals surface area contributed by atoms with Crippen LogP contribution in [0.5, 0.6) is 0 Å². The molecule has 0 radical (unpaired) electrons. The van der Waals surface area contributed by atoms with Gasteiger partial charge >= 0.3 is 0 Å². The molecule has 3 heteroatoms. The van der Waals surface area contributed by atoms with Crippen molar-refractivity contribution >= 4 is 0 Å². The van der Waals surface area contributed by atoms with E-state index >= 15 is 0 Å². The Morgan fingerprint density at radius 1 is 1.28 bits per heavy atom. The van der Waals surface area contributed by atoms with Gasteiger partial charge < -0.3 is 15.5 Å². The highest BCUT2D eigenvalue weighted by Crippen LogP contribution is 2.24. The summed E-state index contributed by atoms with van der Waals surface area (Å²) >= 11 is 0. The predicted molar refractivity (Wildman–Crippen MR) is 74.7 cm³/mol. The van der Waals surface area contributed by atoms with Crippen molar-refractivity contribution in [3.8, 4) is 0 Å². The molecule has 1 aromatic rings. The third-order valence-electron chi connectivity index (χ3n) is 3.12. The number of hydrogen-bond donors (Lipinski definition) is 3. The fourth-order valence-corrected chi connectivity index (χ4v) is 1.77. The third-order valence-corrected chi connectivity index (χ3v) is 3.12. The summed E-state index contributed by atoms with van der Waals surface area (Å²) in [6.45, 7) is 9.61. The van der Waals surface area contributed by atoms with Crippen LogP contribution in [-0.2, 0) is 12.0 Å². The summed E-state index contributed by atoms with van der Waals surface area (Å²) in [6, 6.07) is 6.52. The first kappa shape index (κ1) is 15.2. The van der Waals surface area contributed by atoms with Crippen molar-refractivity contribution < 1.29 is 10.2 Å². The first-order chi connectivity index (χ1) is 8.34. The monoisotopic (exact) mass is 251 g/mol. The summed E-state index contributed by atoms with van der Waals surface area (Å²) < 4.78 is 0. The number of aliphatic hydroxyl groups excluding tert-OH is 2. The zero-order chi connectivity index (χ0) is 13.8. The van der Waals surface area contributed by atoms with Crippen LogP contribution in [-0.4, -0.2) is 29.5 Å². The SMILES string of the molecule is Cc1ccc(C(C)(C)C)cc1CNCC(O)CO. The molecule has 102 valence electrons. The Morgan fingerprint density at radius 3 is 2.50 bits per heavy atom. The fraction of sp³-hybridized carbons (Fsp3) is 0.600. The van der Waals surface area contributed by atoms with Crippen LogP contribution < -0.4 is 5.32 Å². The molecule has 0 aromatic heterocycles. The average molecular weight is 251 g/mol. The minimum atomic E-state index is -0.684. The minimum absolute atomic E-state index is 0.146. The summed E-state index contributed by atoms with van der Waals surface area (Å²) in [5.41, 5.74) is 3.95. The smallest absolute Gasteiger partial charge is 0.0895 e. The van der Waals surface area contributed by atoms with Crippen molar-refractivity contribution in [3.05, 3.63) is 34.9 Å². The van der Waals surface area contributed by atoms with Crippen molar-refractivity contribution in [2.45, 2.75) is 45.8 Å². The lowest BCUT2D eigenvalue weighted by Gasteiger charge is -2.21. The molecule has 0 saturated heterocycles. The number of rotatable bonds is 5. The number of hydrogen-bond acceptors (Lipinski definition) is 3. The van der Waals surface area contributed by atoms with Crippen LogP contribution in [0.4, 0.5) is 0 Å². The highest BCUT2D eigenvalue weighted by Gasteiger charge is 2.14. The van der Waals surface area contributed by atoms with E-state index in [-0.39, 0.29) is 12.0 Å². The Morgan fingerprint density at radius 2 is 1.94 bits per heavy atom. The van der Waals surface area contributed by atoms with Gasteiger partial charge in [-0.15, -0.1) is 0 Å². The van der Waals surface area contributed by atoms with Crippen LogP contribution in [0.2, 0.25) is 0 Å². The molecule has 0 aliphatic carbocycles. The second kappa shape index (κ2) is 6.32. The minimum Gasteiger partial charge on any atom is -0.394 e. The van der Waals surface area contributed by atoms with E-state index in [1.54, 1.807) is 0 Å². The molecule has 1 rings (SSSR count). The highest BCUT2D eigenvalue weighted by atomic mass is 16.3. The first-order valence-electron chi connectivity index (χ1n) is 6.44. The number of benzene rings is 1. The molecule has 0 bridgehead atoms. The van der Waals surface area contributed by atoms with Gasteiger partial charge in [0.25, 0.3) is 0 Å². The predicted octanol–water partition coefficient (Wildman–Crippen LogP) is 1.74. The van der Waals surface area contributed by atoms with Gasteiger partial charge in [-0.1, -0.05) is 39.0 Å². The molecule has 1 aromatic carbocycles. The maximum atomic E-state index is 9.28. The fourth-order valence-electron chi connectivity index (χ4n) is 1.77. The van der Waals surface area contributed by atoms with Crippen LogP contribution in [0, 0.1) is 6.92 Å². The molecule has 3 nitrogen and oxygen atoms in total. The van der Waals surface area contributed by atoms with Gasteiger partial charge in [-0.2, -0.15) is 0 Å². The molecule has 1 unspecified atom stereocenters. The maximum Gasteiger partial charge on any atom is 0.0895 e. The van der Waals surface area contributed by atoms with Crippen LogP contribution in [0.3, 0.4) is 0 Å². The molecule has 0 saturated carbocycles. The van der Waals surface area contributed by atoms with E-state index in [0.717, 1.165) is 0 Å². The van der Waals surface area contributed by atoms with Gasteiger partial charge in [0, 0.05) is 13.1 Å². The summed E-state index contributed by atoms with van der Waals surface area (Å²) in [6.07, 6.45) is -0.684. The lowest BCUT2D eigenvalue weighted by molar-refractivity contribution is 0.0942. The topological polar surface area (TPSA) is 52.5 Å². The highest BCUT2D eigenvalue weighted by molar-refractivity contribution is 5.34. The van der Waals surface area contributed by atoms with Crippen molar-refractivity contribution in [3.63, 3.8) is 0 Å². The molecular weight excluding hydrogens is 226 g/mol. The Bertz CT molecular complexity index is 383. The van der Waals surface area contributed by atoms with Crippen molar-refractivity contribution in [1.29, 1.82) is 0 Å². The van der Waals surface area contributed by atoms with E-state index in [1.807, 2.05) is 0 Å². The van der Waals surface area contributed by atoms with Gasteiger partial charge in [-0.05, 0) is 29.0 Å². The van der Waals surface area contributed by atoms with E-state index in [0.29, 0.717) is 13.1 Å². The second-order valence-electron chi connectivity index (χ2n) is 5.86. The molecular formula is C15H25NO2. The lowest BCUT2D eigenvalue weighted by Crippen LogP contribution is -2.29. The molecule has 1 atom stereocenters. The number of nitrogens with one attached hydrogen (secondary N) is 1. The standard InChI is InChI=1S/C15H25NO2/c1-11-5-6-13(15(2,3)4)7-12(11)8-16-9-14(18)10-17/h5-7,14,16-18H,8-10H2,1-4H3. The summed E-state index contributed by atoms with van der Waals surface area (Å²) in [7, 11) is 0. The van der Waals surface area contributed by atoms with Crippen LogP contribution >= 0.6 is 0 Å². The normalized spacial score (nSPS) is 13.7. The van der Waals surface area contributed by atoms with E-state index < -0.39 is 6.10 Å². The molecule has 18 heavy (non-hydrogen) atoms. The Kier molecular flexibility index (Phi) is 5.32. The van der Waals surface area contributed by atoms with Crippen molar-refractivity contribution in [1.82, 2.24) is 5.32 Å². The molecule has 3 N–H and O–H groups in total. The van der Waals surface area contributed by atoms with Gasteiger partial charge in [0.2, 0.25) is 0 Å². The Hall–Kier alpha value is -0.900. The zero-order valence-corrected chi connectivity index (χ0v) is 11.8. The Labute approximate surface area is 110 Å². The van der Waals surface area contributed by atoms with Gasteiger partial charge in [-0.3, -0.25) is 0 Å². The lowest BCUT2D eigenvalue weighted by atomic mass is 9.85. The Balaban J connectivity index is 2.70. The summed E-state index contributed by atoms with van der Waals surface area (Å²) in [4.78, 5) is 0. The third kappa shape index (κ3) is 4.41. The zero-order valence-electron chi connectivity index (χ0n) is 11.8. The van der Waals surface area contributed by atoms with Gasteiger partial charge in [-0.25, -0.2) is 0 Å². The van der Waals surface area contributed by atoms with Crippen molar-refractivity contribution in [2.24, 2.45) is 0 Å². The quantitative estimate of drug-likeness (QED) is 0.747. The summed E-state index contributed by atoms with van der Waals surface area (Å²) in [5.74, 6) is 0. The molecule has 0 aliphatic heterocycles. The van der Waals surface area contributed by atoms with Crippen LogP contribution in [0.25, 0.3) is 0 Å². The van der Waals surface area contributed by atoms with Gasteiger partial charge in [0.1, 0.15) is 0 Å². The van der Waals surface area contributed by atoms with Crippen molar-refractivity contribution in [2.75, 3.05) is 13.2 Å². The van der Waals surface area contributed by atoms with Crippen LogP contribution in [0.1, 0.15) is 37.5 Å². The summed E-state index contributed by atoms with van der Waals surface area (Å²) in [5, 5.41) is 21.2. The van der Waals surface area contributed by atoms with E-state index in [2.05, 4.69) is 51.2 Å². The first-order valence-corrected chi connectivity index (χ1v) is 6.44. The second-order valence-corrected chi connectivity index (χ2v) is 5.86. The molecule has 0 heterocycles. The van der Waals surface area contributed by atoms with Gasteiger partial charge in [0.05, 0.1) is 12.7 Å². The van der Waals surface area contributed by atoms with E-state index in [4.69, 9.17) is 5.11 Å². The van der Waals surface area contributed by atoms with Gasteiger partial charge in [0.15, 0.2) is 0 Å². The molecule has 0 fully saturated rings. The largest absolute Gasteiger partial charge is 0.394 e. The van der Waals surface area contributed by atoms with E-state index in [9.17, 15) is 5.11 Å². The molecule has 0 aliphatic rings. The van der Waals surface area contributed by atoms with E-state index in [1.165, 1.54) is 16.7 Å².